The Bertz CT molecular complexity index is 854. The van der Waals surface area contributed by atoms with Crippen molar-refractivity contribution in [2.45, 2.75) is 55.9 Å². The summed E-state index contributed by atoms with van der Waals surface area (Å²) in [4.78, 5) is 25.2. The standard InChI is InChI=1S/C21H30N2O6S/c1-3-29-17-6-8-18(9-7-17)30(26,27)23-14-10-16(11-15-23)19(24)22-21(20(25)28-2)12-4-5-13-21/h6-9,16H,3-5,10-15H2,1-2H3,(H,22,24). The Morgan fingerprint density at radius 2 is 1.73 bits per heavy atom. The topological polar surface area (TPSA) is 102 Å². The van der Waals surface area contributed by atoms with Crippen LogP contribution in [0.25, 0.3) is 0 Å². The minimum atomic E-state index is -3.62. The third-order valence-corrected chi connectivity index (χ3v) is 7.91. The van der Waals surface area contributed by atoms with Crippen molar-refractivity contribution in [3.63, 3.8) is 0 Å². The second kappa shape index (κ2) is 9.34. The molecular formula is C21H30N2O6S. The van der Waals surface area contributed by atoms with E-state index in [1.54, 1.807) is 24.3 Å². The number of hydrogen-bond donors (Lipinski definition) is 1. The van der Waals surface area contributed by atoms with Crippen molar-refractivity contribution in [1.29, 1.82) is 0 Å². The maximum Gasteiger partial charge on any atom is 0.331 e. The molecule has 0 atom stereocenters. The number of methoxy groups -OCH3 is 1. The summed E-state index contributed by atoms with van der Waals surface area (Å²) in [6.45, 7) is 2.90. The van der Waals surface area contributed by atoms with Gasteiger partial charge in [0.25, 0.3) is 0 Å². The minimum absolute atomic E-state index is 0.194. The van der Waals surface area contributed by atoms with E-state index in [-0.39, 0.29) is 29.8 Å². The number of carbonyl (C=O) groups is 2. The summed E-state index contributed by atoms with van der Waals surface area (Å²) in [6.07, 6.45) is 3.73. The first-order valence-electron chi connectivity index (χ1n) is 10.5. The molecule has 0 bridgehead atoms. The van der Waals surface area contributed by atoms with Gasteiger partial charge < -0.3 is 14.8 Å². The molecule has 2 aliphatic rings. The molecule has 0 radical (unpaired) electrons. The number of nitrogens with one attached hydrogen (secondary N) is 1. The van der Waals surface area contributed by atoms with Crippen molar-refractivity contribution >= 4 is 21.9 Å². The Morgan fingerprint density at radius 1 is 1.13 bits per heavy atom. The van der Waals surface area contributed by atoms with Gasteiger partial charge in [-0.15, -0.1) is 0 Å². The molecule has 1 heterocycles. The molecule has 166 valence electrons. The van der Waals surface area contributed by atoms with E-state index in [0.29, 0.717) is 38.0 Å². The van der Waals surface area contributed by atoms with Crippen molar-refractivity contribution in [1.82, 2.24) is 9.62 Å². The highest BCUT2D eigenvalue weighted by Gasteiger charge is 2.45. The molecule has 9 heteroatoms. The molecule has 30 heavy (non-hydrogen) atoms. The third kappa shape index (κ3) is 4.62. The maximum absolute atomic E-state index is 12.9. The smallest absolute Gasteiger partial charge is 0.331 e. The van der Waals surface area contributed by atoms with Crippen LogP contribution < -0.4 is 10.1 Å². The first kappa shape index (κ1) is 22.6. The predicted octanol–water partition coefficient (Wildman–Crippen LogP) is 2.09. The zero-order valence-corrected chi connectivity index (χ0v) is 18.4. The van der Waals surface area contributed by atoms with Crippen molar-refractivity contribution in [3.8, 4) is 5.75 Å². The first-order chi connectivity index (χ1) is 14.3. The quantitative estimate of drug-likeness (QED) is 0.654. The van der Waals surface area contributed by atoms with Crippen LogP contribution in [0.15, 0.2) is 29.2 Å². The first-order valence-corrected chi connectivity index (χ1v) is 11.9. The van der Waals surface area contributed by atoms with E-state index in [2.05, 4.69) is 5.32 Å². The second-order valence-electron chi connectivity index (χ2n) is 7.85. The molecule has 1 saturated heterocycles. The summed E-state index contributed by atoms with van der Waals surface area (Å²) in [6, 6.07) is 6.37. The number of carbonyl (C=O) groups excluding carboxylic acids is 2. The van der Waals surface area contributed by atoms with Gasteiger partial charge in [-0.2, -0.15) is 4.31 Å². The molecule has 0 aromatic heterocycles. The van der Waals surface area contributed by atoms with E-state index in [1.807, 2.05) is 6.92 Å². The highest BCUT2D eigenvalue weighted by atomic mass is 32.2. The van der Waals surface area contributed by atoms with E-state index >= 15 is 0 Å². The number of rotatable bonds is 7. The molecule has 0 unspecified atom stereocenters. The SMILES string of the molecule is CCOc1ccc(S(=O)(=O)N2CCC(C(=O)NC3(C(=O)OC)CCCC3)CC2)cc1. The lowest BCUT2D eigenvalue weighted by molar-refractivity contribution is -0.151. The third-order valence-electron chi connectivity index (χ3n) is 5.99. The van der Waals surface area contributed by atoms with E-state index in [0.717, 1.165) is 12.8 Å². The highest BCUT2D eigenvalue weighted by Crippen LogP contribution is 2.32. The molecule has 1 aliphatic heterocycles. The molecule has 1 amide bonds. The lowest BCUT2D eigenvalue weighted by atomic mass is 9.92. The Morgan fingerprint density at radius 3 is 2.27 bits per heavy atom. The van der Waals surface area contributed by atoms with E-state index in [4.69, 9.17) is 9.47 Å². The summed E-state index contributed by atoms with van der Waals surface area (Å²) in [7, 11) is -2.29. The van der Waals surface area contributed by atoms with E-state index in [9.17, 15) is 18.0 Å². The zero-order valence-electron chi connectivity index (χ0n) is 17.6. The largest absolute Gasteiger partial charge is 0.494 e. The molecule has 1 aromatic carbocycles. The fourth-order valence-electron chi connectivity index (χ4n) is 4.27. The van der Waals surface area contributed by atoms with Gasteiger partial charge in [0.1, 0.15) is 11.3 Å². The number of piperidine rings is 1. The van der Waals surface area contributed by atoms with Gasteiger partial charge in [-0.3, -0.25) is 4.79 Å². The fourth-order valence-corrected chi connectivity index (χ4v) is 5.74. The number of ether oxygens (including phenoxy) is 2. The van der Waals surface area contributed by atoms with Gasteiger partial charge in [0.15, 0.2) is 0 Å². The molecule has 0 spiro atoms. The second-order valence-corrected chi connectivity index (χ2v) is 9.79. The predicted molar refractivity (Wildman–Crippen MR) is 110 cm³/mol. The molecule has 1 saturated carbocycles. The normalized spacial score (nSPS) is 19.9. The number of sulfonamides is 1. The molecule has 1 N–H and O–H groups in total. The van der Waals surface area contributed by atoms with Crippen LogP contribution in [0.5, 0.6) is 5.75 Å². The van der Waals surface area contributed by atoms with Crippen LogP contribution in [0.2, 0.25) is 0 Å². The summed E-state index contributed by atoms with van der Waals surface area (Å²) in [5.41, 5.74) is -0.933. The molecule has 3 rings (SSSR count). The van der Waals surface area contributed by atoms with E-state index < -0.39 is 21.5 Å². The van der Waals surface area contributed by atoms with Crippen LogP contribution >= 0.6 is 0 Å². The number of amides is 1. The molecule has 1 aliphatic carbocycles. The van der Waals surface area contributed by atoms with Crippen LogP contribution in [-0.4, -0.2) is 56.9 Å². The van der Waals surface area contributed by atoms with Crippen LogP contribution in [0.1, 0.15) is 45.4 Å². The lowest BCUT2D eigenvalue weighted by Gasteiger charge is -2.33. The summed E-state index contributed by atoms with van der Waals surface area (Å²) in [5.74, 6) is -0.290. The van der Waals surface area contributed by atoms with Crippen molar-refractivity contribution in [3.05, 3.63) is 24.3 Å². The van der Waals surface area contributed by atoms with Gasteiger partial charge in [-0.25, -0.2) is 13.2 Å². The van der Waals surface area contributed by atoms with Crippen molar-refractivity contribution in [2.75, 3.05) is 26.8 Å². The number of hydrogen-bond acceptors (Lipinski definition) is 6. The number of benzene rings is 1. The van der Waals surface area contributed by atoms with Crippen LogP contribution in [0.3, 0.4) is 0 Å². The van der Waals surface area contributed by atoms with Crippen LogP contribution in [0, 0.1) is 5.92 Å². The molecule has 8 nitrogen and oxygen atoms in total. The lowest BCUT2D eigenvalue weighted by Crippen LogP contribution is -2.55. The molecule has 2 fully saturated rings. The Hall–Kier alpha value is -2.13. The maximum atomic E-state index is 12.9. The van der Waals surface area contributed by atoms with Gasteiger partial charge >= 0.3 is 5.97 Å². The highest BCUT2D eigenvalue weighted by molar-refractivity contribution is 7.89. The van der Waals surface area contributed by atoms with Crippen molar-refractivity contribution in [2.24, 2.45) is 5.92 Å². The number of esters is 1. The van der Waals surface area contributed by atoms with Gasteiger partial charge in [0, 0.05) is 19.0 Å². The van der Waals surface area contributed by atoms with Gasteiger partial charge in [0.2, 0.25) is 15.9 Å². The summed E-state index contributed by atoms with van der Waals surface area (Å²) < 4.78 is 37.5. The average Bonchev–Trinajstić information content (AvgIpc) is 3.23. The van der Waals surface area contributed by atoms with Crippen molar-refractivity contribution < 1.29 is 27.5 Å². The monoisotopic (exact) mass is 438 g/mol. The van der Waals surface area contributed by atoms with E-state index in [1.165, 1.54) is 11.4 Å². The minimum Gasteiger partial charge on any atom is -0.494 e. The molecular weight excluding hydrogens is 408 g/mol. The average molecular weight is 439 g/mol. The Balaban J connectivity index is 1.61. The number of nitrogens with zero attached hydrogens (tertiary/aromatic N) is 1. The Labute approximate surface area is 178 Å². The molecule has 1 aromatic rings. The van der Waals surface area contributed by atoms with Crippen LogP contribution in [0.4, 0.5) is 0 Å². The summed E-state index contributed by atoms with van der Waals surface area (Å²) >= 11 is 0. The Kier molecular flexibility index (Phi) is 7.02. The van der Waals surface area contributed by atoms with Gasteiger partial charge in [-0.1, -0.05) is 12.8 Å². The van der Waals surface area contributed by atoms with Crippen LogP contribution in [-0.2, 0) is 24.3 Å². The van der Waals surface area contributed by atoms with Gasteiger partial charge in [-0.05, 0) is 56.9 Å². The van der Waals surface area contributed by atoms with Gasteiger partial charge in [0.05, 0.1) is 18.6 Å². The zero-order chi connectivity index (χ0) is 21.8. The summed E-state index contributed by atoms with van der Waals surface area (Å²) in [5, 5.41) is 2.92. The fraction of sp³-hybridized carbons (Fsp3) is 0.619.